The van der Waals surface area contributed by atoms with Crippen molar-refractivity contribution in [1.82, 2.24) is 14.9 Å². The Kier molecular flexibility index (Phi) is 3.04. The van der Waals surface area contributed by atoms with Crippen molar-refractivity contribution in [2.75, 3.05) is 11.9 Å². The Bertz CT molecular complexity index is 546. The molecule has 2 fully saturated rings. The van der Waals surface area contributed by atoms with Crippen LogP contribution in [0.4, 0.5) is 5.95 Å². The van der Waals surface area contributed by atoms with Crippen molar-refractivity contribution in [3.8, 4) is 0 Å². The van der Waals surface area contributed by atoms with E-state index >= 15 is 0 Å². The van der Waals surface area contributed by atoms with E-state index in [1.54, 1.807) is 6.20 Å². The van der Waals surface area contributed by atoms with Crippen LogP contribution in [-0.2, 0) is 14.4 Å². The van der Waals surface area contributed by atoms with Crippen LogP contribution in [0.3, 0.4) is 0 Å². The zero-order valence-corrected chi connectivity index (χ0v) is 11.0. The van der Waals surface area contributed by atoms with Crippen LogP contribution >= 0.6 is 0 Å². The van der Waals surface area contributed by atoms with E-state index in [9.17, 15) is 14.4 Å². The van der Waals surface area contributed by atoms with Gasteiger partial charge in [0.25, 0.3) is 0 Å². The minimum absolute atomic E-state index is 0.186. The number of carbonyl (C=O) groups is 3. The second-order valence-electron chi connectivity index (χ2n) is 5.44. The van der Waals surface area contributed by atoms with Gasteiger partial charge in [-0.05, 0) is 12.8 Å². The first-order valence-electron chi connectivity index (χ1n) is 6.75. The quantitative estimate of drug-likeness (QED) is 0.793. The van der Waals surface area contributed by atoms with Crippen molar-refractivity contribution in [2.45, 2.75) is 32.1 Å². The van der Waals surface area contributed by atoms with Crippen molar-refractivity contribution in [1.29, 1.82) is 0 Å². The van der Waals surface area contributed by atoms with E-state index in [1.807, 2.05) is 0 Å². The highest BCUT2D eigenvalue weighted by Crippen LogP contribution is 2.46. The predicted molar refractivity (Wildman–Crippen MR) is 69.5 cm³/mol. The molecule has 2 aliphatic rings. The van der Waals surface area contributed by atoms with Gasteiger partial charge in [0.15, 0.2) is 0 Å². The molecule has 0 aromatic carbocycles. The van der Waals surface area contributed by atoms with Gasteiger partial charge in [-0.3, -0.25) is 24.6 Å². The third kappa shape index (κ3) is 2.09. The first-order chi connectivity index (χ1) is 9.61. The zero-order chi connectivity index (χ0) is 14.2. The van der Waals surface area contributed by atoms with Gasteiger partial charge in [-0.1, -0.05) is 12.8 Å². The minimum atomic E-state index is -0.526. The Morgan fingerprint density at radius 1 is 1.40 bits per heavy atom. The first kappa shape index (κ1) is 12.8. The number of anilines is 1. The lowest BCUT2D eigenvalue weighted by Crippen LogP contribution is -2.40. The number of imidazole rings is 1. The van der Waals surface area contributed by atoms with Gasteiger partial charge in [0.05, 0.1) is 5.41 Å². The summed E-state index contributed by atoms with van der Waals surface area (Å²) < 4.78 is 0. The number of H-pyrrole nitrogens is 1. The monoisotopic (exact) mass is 276 g/mol. The summed E-state index contributed by atoms with van der Waals surface area (Å²) in [5, 5.41) is 2.52. The largest absolute Gasteiger partial charge is 0.331 e. The molecule has 2 heterocycles. The molecule has 3 amide bonds. The molecule has 1 saturated heterocycles. The van der Waals surface area contributed by atoms with Gasteiger partial charge < -0.3 is 4.98 Å². The lowest BCUT2D eigenvalue weighted by Gasteiger charge is -2.20. The molecule has 20 heavy (non-hydrogen) atoms. The summed E-state index contributed by atoms with van der Waals surface area (Å²) in [6.07, 6.45) is 6.81. The molecule has 0 radical (unpaired) electrons. The summed E-state index contributed by atoms with van der Waals surface area (Å²) in [5.41, 5.74) is -0.526. The molecular weight excluding hydrogens is 260 g/mol. The van der Waals surface area contributed by atoms with Crippen molar-refractivity contribution in [3.05, 3.63) is 12.4 Å². The smallest absolute Gasteiger partial charge is 0.246 e. The number of imide groups is 1. The fraction of sp³-hybridized carbons (Fsp3) is 0.538. The van der Waals surface area contributed by atoms with E-state index in [1.165, 1.54) is 6.20 Å². The molecule has 2 N–H and O–H groups in total. The molecule has 0 unspecified atom stereocenters. The van der Waals surface area contributed by atoms with Gasteiger partial charge >= 0.3 is 0 Å². The molecular formula is C13H16N4O3. The highest BCUT2D eigenvalue weighted by Gasteiger charge is 2.52. The van der Waals surface area contributed by atoms with Crippen LogP contribution in [-0.4, -0.2) is 39.1 Å². The molecule has 1 aliphatic heterocycles. The average molecular weight is 276 g/mol. The third-order valence-electron chi connectivity index (χ3n) is 4.11. The molecule has 1 aromatic heterocycles. The molecule has 0 atom stereocenters. The van der Waals surface area contributed by atoms with Crippen molar-refractivity contribution in [3.63, 3.8) is 0 Å². The van der Waals surface area contributed by atoms with Crippen molar-refractivity contribution < 1.29 is 14.4 Å². The van der Waals surface area contributed by atoms with Gasteiger partial charge in [-0.2, -0.15) is 0 Å². The van der Waals surface area contributed by atoms with Crippen LogP contribution < -0.4 is 5.32 Å². The van der Waals surface area contributed by atoms with Crippen molar-refractivity contribution in [2.24, 2.45) is 5.41 Å². The van der Waals surface area contributed by atoms with E-state index < -0.39 is 11.3 Å². The number of likely N-dealkylation sites (tertiary alicyclic amines) is 1. The molecule has 1 spiro atoms. The summed E-state index contributed by atoms with van der Waals surface area (Å²) in [6.45, 7) is -0.236. The summed E-state index contributed by atoms with van der Waals surface area (Å²) in [7, 11) is 0. The average Bonchev–Trinajstić information content (AvgIpc) is 3.10. The second-order valence-corrected chi connectivity index (χ2v) is 5.44. The Morgan fingerprint density at radius 2 is 2.15 bits per heavy atom. The van der Waals surface area contributed by atoms with E-state index in [2.05, 4.69) is 15.3 Å². The van der Waals surface area contributed by atoms with Crippen LogP contribution in [0.2, 0.25) is 0 Å². The maximum absolute atomic E-state index is 12.4. The van der Waals surface area contributed by atoms with E-state index in [-0.39, 0.29) is 24.8 Å². The normalized spacial score (nSPS) is 20.9. The predicted octanol–water partition coefficient (Wildman–Crippen LogP) is 0.667. The summed E-state index contributed by atoms with van der Waals surface area (Å²) in [5.74, 6) is -0.539. The highest BCUT2D eigenvalue weighted by molar-refractivity contribution is 6.09. The lowest BCUT2D eigenvalue weighted by atomic mass is 9.84. The molecule has 1 saturated carbocycles. The van der Waals surface area contributed by atoms with Crippen LogP contribution in [0, 0.1) is 5.41 Å². The van der Waals surface area contributed by atoms with E-state index in [0.29, 0.717) is 5.95 Å². The summed E-state index contributed by atoms with van der Waals surface area (Å²) >= 11 is 0. The number of aromatic amines is 1. The molecule has 106 valence electrons. The number of nitrogens with zero attached hydrogens (tertiary/aromatic N) is 2. The molecule has 1 aromatic rings. The first-order valence-corrected chi connectivity index (χ1v) is 6.75. The van der Waals surface area contributed by atoms with Crippen LogP contribution in [0.5, 0.6) is 0 Å². The maximum atomic E-state index is 12.4. The van der Waals surface area contributed by atoms with Crippen molar-refractivity contribution >= 4 is 23.7 Å². The van der Waals surface area contributed by atoms with Crippen LogP contribution in [0.15, 0.2) is 12.4 Å². The fourth-order valence-electron chi connectivity index (χ4n) is 3.11. The SMILES string of the molecule is O=C(CN1C(=O)CC2(CCCC2)C1=O)Nc1ncc[nH]1. The Balaban J connectivity index is 1.66. The molecule has 7 nitrogen and oxygen atoms in total. The summed E-state index contributed by atoms with van der Waals surface area (Å²) in [4.78, 5) is 43.9. The molecule has 7 heteroatoms. The number of aromatic nitrogens is 2. The number of hydrogen-bond acceptors (Lipinski definition) is 4. The number of rotatable bonds is 3. The topological polar surface area (TPSA) is 95.2 Å². The van der Waals surface area contributed by atoms with Gasteiger partial charge in [0.2, 0.25) is 23.7 Å². The zero-order valence-electron chi connectivity index (χ0n) is 11.0. The number of hydrogen-bond donors (Lipinski definition) is 2. The molecule has 1 aliphatic carbocycles. The summed E-state index contributed by atoms with van der Waals surface area (Å²) in [6, 6.07) is 0. The minimum Gasteiger partial charge on any atom is -0.331 e. The van der Waals surface area contributed by atoms with Gasteiger partial charge in [0, 0.05) is 18.8 Å². The Morgan fingerprint density at radius 3 is 2.80 bits per heavy atom. The van der Waals surface area contributed by atoms with Gasteiger partial charge in [-0.15, -0.1) is 0 Å². The Labute approximate surface area is 115 Å². The van der Waals surface area contributed by atoms with E-state index in [4.69, 9.17) is 0 Å². The standard InChI is InChI=1S/C13H16N4O3/c18-9(16-12-14-5-6-15-12)8-17-10(19)7-13(11(17)20)3-1-2-4-13/h5-6H,1-4,7-8H2,(H2,14,15,16,18). The van der Waals surface area contributed by atoms with Gasteiger partial charge in [-0.25, -0.2) is 4.98 Å². The fourth-order valence-corrected chi connectivity index (χ4v) is 3.11. The molecule has 3 rings (SSSR count). The maximum Gasteiger partial charge on any atom is 0.246 e. The number of carbonyl (C=O) groups excluding carboxylic acids is 3. The number of nitrogens with one attached hydrogen (secondary N) is 2. The number of amides is 3. The van der Waals surface area contributed by atoms with Crippen LogP contribution in [0.1, 0.15) is 32.1 Å². The van der Waals surface area contributed by atoms with Gasteiger partial charge in [0.1, 0.15) is 6.54 Å². The van der Waals surface area contributed by atoms with E-state index in [0.717, 1.165) is 30.6 Å². The molecule has 0 bridgehead atoms. The lowest BCUT2D eigenvalue weighted by molar-refractivity contribution is -0.143. The van der Waals surface area contributed by atoms with Crippen LogP contribution in [0.25, 0.3) is 0 Å². The second kappa shape index (κ2) is 4.73. The highest BCUT2D eigenvalue weighted by atomic mass is 16.2. The Hall–Kier alpha value is -2.18. The third-order valence-corrected chi connectivity index (χ3v) is 4.11.